The van der Waals surface area contributed by atoms with Gasteiger partial charge in [0.2, 0.25) is 0 Å². The Kier molecular flexibility index (Phi) is 5.59. The zero-order chi connectivity index (χ0) is 19.6. The minimum absolute atomic E-state index is 0.0397. The molecule has 2 aliphatic rings. The highest BCUT2D eigenvalue weighted by Crippen LogP contribution is 2.46. The number of fused-ring (bicyclic) bond motifs is 1. The number of rotatable bonds is 5. The molecule has 27 heavy (non-hydrogen) atoms. The average Bonchev–Trinajstić information content (AvgIpc) is 2.67. The van der Waals surface area contributed by atoms with Gasteiger partial charge in [-0.2, -0.15) is 0 Å². The SMILES string of the molecule is CCOC(=O)C1=C(N)N2CCCSC2=C([N+](=O)[O-])C1c1ccc(OC)cc1. The molecule has 0 aliphatic carbocycles. The van der Waals surface area contributed by atoms with E-state index >= 15 is 0 Å². The molecule has 8 nitrogen and oxygen atoms in total. The molecule has 2 N–H and O–H groups in total. The molecule has 0 spiro atoms. The van der Waals surface area contributed by atoms with E-state index in [0.29, 0.717) is 22.9 Å². The van der Waals surface area contributed by atoms with E-state index in [4.69, 9.17) is 15.2 Å². The maximum Gasteiger partial charge on any atom is 0.338 e. The Bertz CT molecular complexity index is 819. The van der Waals surface area contributed by atoms with E-state index in [1.807, 2.05) is 0 Å². The molecule has 1 unspecified atom stereocenters. The summed E-state index contributed by atoms with van der Waals surface area (Å²) in [7, 11) is 1.54. The summed E-state index contributed by atoms with van der Waals surface area (Å²) in [5, 5.41) is 12.5. The average molecular weight is 391 g/mol. The second-order valence-corrected chi connectivity index (χ2v) is 7.11. The molecule has 1 saturated heterocycles. The number of nitro groups is 1. The summed E-state index contributed by atoms with van der Waals surface area (Å²) in [6.07, 6.45) is 0.823. The van der Waals surface area contributed by atoms with Gasteiger partial charge in [0.1, 0.15) is 17.5 Å². The number of hydrogen-bond acceptors (Lipinski definition) is 8. The molecule has 1 aromatic carbocycles. The quantitative estimate of drug-likeness (QED) is 0.463. The lowest BCUT2D eigenvalue weighted by atomic mass is 9.86. The van der Waals surface area contributed by atoms with Crippen LogP contribution in [-0.4, -0.2) is 41.8 Å². The van der Waals surface area contributed by atoms with Crippen molar-refractivity contribution in [1.29, 1.82) is 0 Å². The van der Waals surface area contributed by atoms with Gasteiger partial charge in [-0.05, 0) is 31.0 Å². The molecule has 1 fully saturated rings. The fourth-order valence-electron chi connectivity index (χ4n) is 3.30. The van der Waals surface area contributed by atoms with Crippen LogP contribution in [-0.2, 0) is 9.53 Å². The number of thioether (sulfide) groups is 1. The van der Waals surface area contributed by atoms with Crippen molar-refractivity contribution in [2.75, 3.05) is 26.0 Å². The van der Waals surface area contributed by atoms with Crippen LogP contribution in [0, 0.1) is 10.1 Å². The van der Waals surface area contributed by atoms with Gasteiger partial charge in [0.15, 0.2) is 5.03 Å². The lowest BCUT2D eigenvalue weighted by molar-refractivity contribution is -0.431. The first-order chi connectivity index (χ1) is 13.0. The van der Waals surface area contributed by atoms with E-state index in [-0.39, 0.29) is 23.7 Å². The van der Waals surface area contributed by atoms with Gasteiger partial charge in [0, 0.05) is 12.3 Å². The molecule has 2 aliphatic heterocycles. The van der Waals surface area contributed by atoms with Gasteiger partial charge < -0.3 is 20.1 Å². The van der Waals surface area contributed by atoms with Crippen LogP contribution in [0.3, 0.4) is 0 Å². The third kappa shape index (κ3) is 3.46. The Balaban J connectivity index is 2.20. The molecule has 0 amide bonds. The van der Waals surface area contributed by atoms with Crippen molar-refractivity contribution in [2.45, 2.75) is 19.3 Å². The van der Waals surface area contributed by atoms with E-state index in [9.17, 15) is 14.9 Å². The number of allylic oxidation sites excluding steroid dienone is 1. The van der Waals surface area contributed by atoms with Crippen molar-refractivity contribution >= 4 is 17.7 Å². The zero-order valence-corrected chi connectivity index (χ0v) is 16.0. The molecule has 3 rings (SSSR count). The summed E-state index contributed by atoms with van der Waals surface area (Å²) in [4.78, 5) is 26.0. The van der Waals surface area contributed by atoms with Crippen molar-refractivity contribution in [2.24, 2.45) is 5.73 Å². The normalized spacial score (nSPS) is 19.6. The van der Waals surface area contributed by atoms with Crippen molar-refractivity contribution < 1.29 is 19.2 Å². The minimum atomic E-state index is -0.901. The van der Waals surface area contributed by atoms with Gasteiger partial charge in [0.05, 0.1) is 24.2 Å². The fraction of sp³-hybridized carbons (Fsp3) is 0.389. The largest absolute Gasteiger partial charge is 0.497 e. The molecule has 0 bridgehead atoms. The van der Waals surface area contributed by atoms with Crippen LogP contribution in [0.2, 0.25) is 0 Å². The highest BCUT2D eigenvalue weighted by molar-refractivity contribution is 8.03. The molecule has 144 valence electrons. The van der Waals surface area contributed by atoms with Gasteiger partial charge in [0.25, 0.3) is 5.70 Å². The Hall–Kier alpha value is -2.68. The predicted molar refractivity (Wildman–Crippen MR) is 101 cm³/mol. The molecule has 0 saturated carbocycles. The monoisotopic (exact) mass is 391 g/mol. The van der Waals surface area contributed by atoms with Crippen LogP contribution < -0.4 is 10.5 Å². The van der Waals surface area contributed by atoms with Gasteiger partial charge in [-0.25, -0.2) is 4.79 Å². The number of carbonyl (C=O) groups excluding carboxylic acids is 1. The van der Waals surface area contributed by atoms with Crippen LogP contribution >= 0.6 is 11.8 Å². The number of esters is 1. The summed E-state index contributed by atoms with van der Waals surface area (Å²) < 4.78 is 10.3. The molecular weight excluding hydrogens is 370 g/mol. The maximum absolute atomic E-state index is 12.7. The number of nitrogens with two attached hydrogens (primary N) is 1. The Morgan fingerprint density at radius 1 is 1.41 bits per heavy atom. The Morgan fingerprint density at radius 3 is 2.70 bits per heavy atom. The third-order valence-electron chi connectivity index (χ3n) is 4.50. The molecule has 9 heteroatoms. The molecule has 1 aromatic rings. The first kappa shape index (κ1) is 19.1. The van der Waals surface area contributed by atoms with E-state index in [0.717, 1.165) is 12.2 Å². The van der Waals surface area contributed by atoms with Crippen molar-refractivity contribution in [3.8, 4) is 5.75 Å². The molecule has 2 heterocycles. The molecule has 1 atom stereocenters. The molecule has 0 aromatic heterocycles. The second kappa shape index (κ2) is 7.91. The first-order valence-electron chi connectivity index (χ1n) is 8.59. The number of nitrogens with zero attached hydrogens (tertiary/aromatic N) is 2. The van der Waals surface area contributed by atoms with Crippen LogP contribution in [0.15, 0.2) is 46.4 Å². The zero-order valence-electron chi connectivity index (χ0n) is 15.1. The highest BCUT2D eigenvalue weighted by atomic mass is 32.2. The number of ether oxygens (including phenoxy) is 2. The number of methoxy groups -OCH3 is 1. The van der Waals surface area contributed by atoms with Gasteiger partial charge in [-0.3, -0.25) is 10.1 Å². The van der Waals surface area contributed by atoms with Crippen LogP contribution in [0.5, 0.6) is 5.75 Å². The summed E-state index contributed by atoms with van der Waals surface area (Å²) in [6.45, 7) is 2.38. The van der Waals surface area contributed by atoms with Crippen molar-refractivity contribution in [3.05, 3.63) is 62.1 Å². The van der Waals surface area contributed by atoms with Gasteiger partial charge >= 0.3 is 5.97 Å². The van der Waals surface area contributed by atoms with E-state index in [1.165, 1.54) is 11.8 Å². The number of benzene rings is 1. The maximum atomic E-state index is 12.7. The van der Waals surface area contributed by atoms with Crippen LogP contribution in [0.1, 0.15) is 24.8 Å². The topological polar surface area (TPSA) is 108 Å². The van der Waals surface area contributed by atoms with Gasteiger partial charge in [-0.15, -0.1) is 11.8 Å². The molecule has 0 radical (unpaired) electrons. The van der Waals surface area contributed by atoms with E-state index in [2.05, 4.69) is 0 Å². The lowest BCUT2D eigenvalue weighted by Crippen LogP contribution is -2.40. The highest BCUT2D eigenvalue weighted by Gasteiger charge is 2.46. The Labute approximate surface area is 161 Å². The Morgan fingerprint density at radius 2 is 2.11 bits per heavy atom. The van der Waals surface area contributed by atoms with Crippen LogP contribution in [0.25, 0.3) is 0 Å². The standard InChI is InChI=1S/C18H21N3O5S/c1-3-26-18(22)14-13(11-5-7-12(25-2)8-6-11)15(21(23)24)17-20(16(14)19)9-4-10-27-17/h5-8,13H,3-4,9-10,19H2,1-2H3. The van der Waals surface area contributed by atoms with Crippen molar-refractivity contribution in [1.82, 2.24) is 4.90 Å². The van der Waals surface area contributed by atoms with Crippen LogP contribution in [0.4, 0.5) is 0 Å². The predicted octanol–water partition coefficient (Wildman–Crippen LogP) is 2.41. The first-order valence-corrected chi connectivity index (χ1v) is 9.57. The minimum Gasteiger partial charge on any atom is -0.497 e. The molecular formula is C18H21N3O5S. The number of hydrogen-bond donors (Lipinski definition) is 1. The van der Waals surface area contributed by atoms with Gasteiger partial charge in [-0.1, -0.05) is 12.1 Å². The van der Waals surface area contributed by atoms with E-state index in [1.54, 1.807) is 43.2 Å². The summed E-state index contributed by atoms with van der Waals surface area (Å²) in [6, 6.07) is 6.83. The fourth-order valence-corrected chi connectivity index (χ4v) is 4.45. The lowest BCUT2D eigenvalue weighted by Gasteiger charge is -2.37. The summed E-state index contributed by atoms with van der Waals surface area (Å²) >= 11 is 1.39. The second-order valence-electron chi connectivity index (χ2n) is 6.03. The summed E-state index contributed by atoms with van der Waals surface area (Å²) in [5.41, 5.74) is 6.98. The number of carbonyl (C=O) groups is 1. The van der Waals surface area contributed by atoms with E-state index < -0.39 is 16.8 Å². The van der Waals surface area contributed by atoms with Crippen molar-refractivity contribution in [3.63, 3.8) is 0 Å². The third-order valence-corrected chi connectivity index (χ3v) is 5.69. The summed E-state index contributed by atoms with van der Waals surface area (Å²) in [5.74, 6) is 0.0717. The smallest absolute Gasteiger partial charge is 0.338 e.